The second-order valence-corrected chi connectivity index (χ2v) is 11.0. The van der Waals surface area contributed by atoms with Gasteiger partial charge >= 0.3 is 11.9 Å². The highest BCUT2D eigenvalue weighted by molar-refractivity contribution is 6.01. The molecule has 4 aromatic rings. The zero-order valence-electron chi connectivity index (χ0n) is 22.2. The molecule has 0 atom stereocenters. The van der Waals surface area contributed by atoms with E-state index in [0.29, 0.717) is 24.3 Å². The number of aromatic carboxylic acids is 1. The van der Waals surface area contributed by atoms with E-state index < -0.39 is 11.9 Å². The van der Waals surface area contributed by atoms with Crippen LogP contribution in [0, 0.1) is 0 Å². The van der Waals surface area contributed by atoms with Crippen molar-refractivity contribution in [1.29, 1.82) is 0 Å². The Balaban J connectivity index is 1.90. The Labute approximate surface area is 218 Å². The van der Waals surface area contributed by atoms with Crippen molar-refractivity contribution in [2.45, 2.75) is 65.2 Å². The number of fused-ring (bicyclic) bond motifs is 1. The van der Waals surface area contributed by atoms with Crippen LogP contribution in [0.2, 0.25) is 0 Å². The first-order valence-electron chi connectivity index (χ1n) is 12.8. The van der Waals surface area contributed by atoms with Crippen molar-refractivity contribution in [2.75, 3.05) is 0 Å². The van der Waals surface area contributed by atoms with Crippen LogP contribution in [-0.2, 0) is 16.6 Å². The molecule has 3 aromatic carbocycles. The van der Waals surface area contributed by atoms with E-state index in [1.54, 1.807) is 4.57 Å². The minimum absolute atomic E-state index is 0.0111. The third-order valence-electron chi connectivity index (χ3n) is 6.99. The molecule has 37 heavy (non-hydrogen) atoms. The Kier molecular flexibility index (Phi) is 7.26. The number of carboxylic acids is 2. The van der Waals surface area contributed by atoms with Crippen molar-refractivity contribution >= 4 is 22.8 Å². The Morgan fingerprint density at radius 2 is 1.49 bits per heavy atom. The molecule has 0 saturated heterocycles. The molecule has 0 aliphatic rings. The van der Waals surface area contributed by atoms with Gasteiger partial charge < -0.3 is 14.8 Å². The molecule has 1 heterocycles. The van der Waals surface area contributed by atoms with E-state index in [1.165, 1.54) is 11.1 Å². The SMILES string of the molecule is CC(C)c1ccc(-n2c(C(=O)O)c(CCCC(=O)O)c3cc(-c4ccc(C(C)(C)C)cc4)ccc32)cc1. The van der Waals surface area contributed by atoms with Gasteiger partial charge in [0.05, 0.1) is 5.52 Å². The van der Waals surface area contributed by atoms with E-state index in [9.17, 15) is 19.8 Å². The third-order valence-corrected chi connectivity index (χ3v) is 6.99. The monoisotopic (exact) mass is 497 g/mol. The molecule has 192 valence electrons. The van der Waals surface area contributed by atoms with Gasteiger partial charge in [-0.3, -0.25) is 4.79 Å². The number of hydrogen-bond acceptors (Lipinski definition) is 2. The summed E-state index contributed by atoms with van der Waals surface area (Å²) in [6.07, 6.45) is 0.724. The summed E-state index contributed by atoms with van der Waals surface area (Å²) in [4.78, 5) is 23.8. The average Bonchev–Trinajstić information content (AvgIpc) is 3.17. The molecule has 0 spiro atoms. The summed E-state index contributed by atoms with van der Waals surface area (Å²) in [6.45, 7) is 10.8. The van der Waals surface area contributed by atoms with Crippen LogP contribution in [0.4, 0.5) is 0 Å². The number of aryl methyl sites for hydroxylation is 1. The van der Waals surface area contributed by atoms with E-state index in [2.05, 4.69) is 58.9 Å². The van der Waals surface area contributed by atoms with Crippen molar-refractivity contribution in [3.8, 4) is 16.8 Å². The summed E-state index contributed by atoms with van der Waals surface area (Å²) in [5, 5.41) is 20.3. The van der Waals surface area contributed by atoms with Gasteiger partial charge in [-0.15, -0.1) is 0 Å². The first-order valence-corrected chi connectivity index (χ1v) is 12.8. The van der Waals surface area contributed by atoms with Crippen LogP contribution < -0.4 is 0 Å². The highest BCUT2D eigenvalue weighted by atomic mass is 16.4. The lowest BCUT2D eigenvalue weighted by atomic mass is 9.86. The number of aromatic nitrogens is 1. The molecule has 1 aromatic heterocycles. The molecule has 0 fully saturated rings. The topological polar surface area (TPSA) is 79.5 Å². The van der Waals surface area contributed by atoms with Crippen molar-refractivity contribution < 1.29 is 19.8 Å². The normalized spacial score (nSPS) is 11.8. The van der Waals surface area contributed by atoms with Crippen molar-refractivity contribution in [3.05, 3.63) is 89.1 Å². The maximum atomic E-state index is 12.6. The van der Waals surface area contributed by atoms with Crippen LogP contribution in [-0.4, -0.2) is 26.7 Å². The molecule has 5 heteroatoms. The maximum Gasteiger partial charge on any atom is 0.353 e. The van der Waals surface area contributed by atoms with Gasteiger partial charge in [0.25, 0.3) is 0 Å². The molecule has 0 aliphatic carbocycles. The van der Waals surface area contributed by atoms with E-state index in [0.717, 1.165) is 27.7 Å². The van der Waals surface area contributed by atoms with Crippen LogP contribution in [0.15, 0.2) is 66.7 Å². The lowest BCUT2D eigenvalue weighted by molar-refractivity contribution is -0.137. The summed E-state index contributed by atoms with van der Waals surface area (Å²) in [5.74, 6) is -1.54. The largest absolute Gasteiger partial charge is 0.481 e. The van der Waals surface area contributed by atoms with Crippen LogP contribution >= 0.6 is 0 Å². The number of benzene rings is 3. The highest BCUT2D eigenvalue weighted by Crippen LogP contribution is 2.35. The van der Waals surface area contributed by atoms with Crippen LogP contribution in [0.1, 0.15) is 80.6 Å². The standard InChI is InChI=1S/C32H35NO4/c1-20(2)21-11-16-25(17-12-21)33-28-18-13-23(22-9-14-24(15-10-22)32(3,4)5)19-27(28)26(30(33)31(36)37)7-6-8-29(34)35/h9-20H,6-8H2,1-5H3,(H,34,35)(H,36,37). The summed E-state index contributed by atoms with van der Waals surface area (Å²) >= 11 is 0. The van der Waals surface area contributed by atoms with Crippen LogP contribution in [0.25, 0.3) is 27.7 Å². The lowest BCUT2D eigenvalue weighted by Crippen LogP contribution is -2.10. The molecule has 0 saturated carbocycles. The van der Waals surface area contributed by atoms with Gasteiger partial charge in [-0.05, 0) is 76.3 Å². The Morgan fingerprint density at radius 3 is 2.03 bits per heavy atom. The van der Waals surface area contributed by atoms with E-state index in [-0.39, 0.29) is 17.5 Å². The molecule has 0 amide bonds. The molecular formula is C32H35NO4. The number of hydrogen-bond donors (Lipinski definition) is 2. The summed E-state index contributed by atoms with van der Waals surface area (Å²) in [5.41, 5.74) is 6.97. The smallest absolute Gasteiger partial charge is 0.353 e. The van der Waals surface area contributed by atoms with Crippen molar-refractivity contribution in [1.82, 2.24) is 4.57 Å². The zero-order valence-corrected chi connectivity index (χ0v) is 22.2. The summed E-state index contributed by atoms with van der Waals surface area (Å²) < 4.78 is 1.80. The first-order chi connectivity index (χ1) is 17.5. The van der Waals surface area contributed by atoms with Gasteiger partial charge in [0.1, 0.15) is 5.69 Å². The van der Waals surface area contributed by atoms with Crippen molar-refractivity contribution in [2.24, 2.45) is 0 Å². The molecular weight excluding hydrogens is 462 g/mol. The molecule has 5 nitrogen and oxygen atoms in total. The minimum atomic E-state index is -1.02. The molecule has 0 radical (unpaired) electrons. The number of nitrogens with zero attached hydrogens (tertiary/aromatic N) is 1. The fourth-order valence-electron chi connectivity index (χ4n) is 4.87. The average molecular weight is 498 g/mol. The fraction of sp³-hybridized carbons (Fsp3) is 0.312. The first kappa shape index (κ1) is 26.2. The number of carbonyl (C=O) groups is 2. The fourth-order valence-corrected chi connectivity index (χ4v) is 4.87. The molecule has 0 unspecified atom stereocenters. The number of carboxylic acid groups (broad SMARTS) is 2. The van der Waals surface area contributed by atoms with Crippen LogP contribution in [0.5, 0.6) is 0 Å². The lowest BCUT2D eigenvalue weighted by Gasteiger charge is -2.19. The third kappa shape index (κ3) is 5.46. The molecule has 0 aliphatic heterocycles. The quantitative estimate of drug-likeness (QED) is 0.260. The van der Waals surface area contributed by atoms with Gasteiger partial charge in [0.15, 0.2) is 0 Å². The van der Waals surface area contributed by atoms with Crippen LogP contribution in [0.3, 0.4) is 0 Å². The second kappa shape index (κ2) is 10.3. The Hall–Kier alpha value is -3.86. The Bertz CT molecular complexity index is 1440. The predicted molar refractivity (Wildman–Crippen MR) is 149 cm³/mol. The van der Waals surface area contributed by atoms with Gasteiger partial charge in [-0.25, -0.2) is 4.79 Å². The van der Waals surface area contributed by atoms with E-state index in [1.807, 2.05) is 42.5 Å². The highest BCUT2D eigenvalue weighted by Gasteiger charge is 2.24. The van der Waals surface area contributed by atoms with Gasteiger partial charge in [0.2, 0.25) is 0 Å². The predicted octanol–water partition coefficient (Wildman–Crippen LogP) is 7.82. The van der Waals surface area contributed by atoms with Gasteiger partial charge in [-0.2, -0.15) is 0 Å². The molecule has 4 rings (SSSR count). The van der Waals surface area contributed by atoms with Crippen molar-refractivity contribution in [3.63, 3.8) is 0 Å². The van der Waals surface area contributed by atoms with E-state index >= 15 is 0 Å². The zero-order chi connectivity index (χ0) is 26.9. The molecule has 0 bridgehead atoms. The number of rotatable bonds is 8. The number of aliphatic carboxylic acids is 1. The van der Waals surface area contributed by atoms with Gasteiger partial charge in [0, 0.05) is 17.5 Å². The maximum absolute atomic E-state index is 12.6. The minimum Gasteiger partial charge on any atom is -0.481 e. The summed E-state index contributed by atoms with van der Waals surface area (Å²) in [6, 6.07) is 22.5. The van der Waals surface area contributed by atoms with Gasteiger partial charge in [-0.1, -0.05) is 77.1 Å². The Morgan fingerprint density at radius 1 is 0.865 bits per heavy atom. The van der Waals surface area contributed by atoms with E-state index in [4.69, 9.17) is 0 Å². The summed E-state index contributed by atoms with van der Waals surface area (Å²) in [7, 11) is 0. The molecule has 2 N–H and O–H groups in total. The second-order valence-electron chi connectivity index (χ2n) is 11.0.